The molecular weight excluding hydrogens is 663 g/mol. The molecule has 0 aliphatic rings. The maximum atomic E-state index is 15.4. The van der Waals surface area contributed by atoms with Gasteiger partial charge in [-0.25, -0.2) is 8.78 Å². The molecule has 3 nitrogen and oxygen atoms in total. The Hall–Kier alpha value is -4.77. The third-order valence-electron chi connectivity index (χ3n) is 9.87. The van der Waals surface area contributed by atoms with E-state index < -0.39 is 5.82 Å². The fourth-order valence-corrected chi connectivity index (χ4v) is 6.77. The number of halogens is 2. The van der Waals surface area contributed by atoms with Crippen LogP contribution in [0.1, 0.15) is 102 Å². The maximum Gasteiger partial charge on any atom is 0.306 e. The molecule has 5 heteroatoms. The summed E-state index contributed by atoms with van der Waals surface area (Å²) < 4.78 is 36.2. The van der Waals surface area contributed by atoms with Crippen molar-refractivity contribution in [3.63, 3.8) is 0 Å². The van der Waals surface area contributed by atoms with Crippen molar-refractivity contribution in [3.05, 3.63) is 137 Å². The molecule has 5 aromatic carbocycles. The number of unbranched alkanes of at least 4 members (excludes halogenated alkanes) is 1. The molecule has 0 aliphatic heterocycles. The average molecular weight is 717 g/mol. The first kappa shape index (κ1) is 39.4. The second kappa shape index (κ2) is 16.9. The minimum atomic E-state index is -0.401. The van der Waals surface area contributed by atoms with Crippen LogP contribution in [0, 0.1) is 11.6 Å². The van der Waals surface area contributed by atoms with Gasteiger partial charge >= 0.3 is 5.97 Å². The summed E-state index contributed by atoms with van der Waals surface area (Å²) in [5.74, 6) is -0.670. The normalized spacial score (nSPS) is 11.9. The number of aromatic hydroxyl groups is 1. The first-order valence-corrected chi connectivity index (χ1v) is 18.9. The van der Waals surface area contributed by atoms with E-state index in [1.165, 1.54) is 17.7 Å². The molecule has 0 aliphatic carbocycles. The number of phenolic OH excluding ortho intramolecular Hbond substituents is 1. The smallest absolute Gasteiger partial charge is 0.306 e. The average Bonchev–Trinajstić information content (AvgIpc) is 3.11. The second-order valence-corrected chi connectivity index (χ2v) is 16.3. The van der Waals surface area contributed by atoms with E-state index in [2.05, 4.69) is 60.6 Å². The Labute approximate surface area is 315 Å². The number of aryl methyl sites for hydroxylation is 3. The minimum Gasteiger partial charge on any atom is -0.507 e. The topological polar surface area (TPSA) is 46.5 Å². The quantitative estimate of drug-likeness (QED) is 0.0975. The van der Waals surface area contributed by atoms with E-state index in [-0.39, 0.29) is 29.0 Å². The summed E-state index contributed by atoms with van der Waals surface area (Å²) >= 11 is 0. The number of ether oxygens (including phenoxy) is 1. The zero-order valence-corrected chi connectivity index (χ0v) is 32.4. The van der Waals surface area contributed by atoms with Gasteiger partial charge in [0.05, 0.1) is 6.61 Å². The predicted molar refractivity (Wildman–Crippen MR) is 214 cm³/mol. The molecule has 0 unspecified atom stereocenters. The van der Waals surface area contributed by atoms with Crippen molar-refractivity contribution in [2.24, 2.45) is 0 Å². The number of carbonyl (C=O) groups excluding carboxylic acids is 1. The van der Waals surface area contributed by atoms with Crippen molar-refractivity contribution in [1.29, 1.82) is 0 Å². The first-order valence-electron chi connectivity index (χ1n) is 18.9. The van der Waals surface area contributed by atoms with E-state index >= 15 is 8.78 Å². The largest absolute Gasteiger partial charge is 0.507 e. The van der Waals surface area contributed by atoms with Gasteiger partial charge in [0.2, 0.25) is 0 Å². The van der Waals surface area contributed by atoms with Crippen LogP contribution in [0.2, 0.25) is 0 Å². The van der Waals surface area contributed by atoms with E-state index in [1.54, 1.807) is 18.2 Å². The van der Waals surface area contributed by atoms with Gasteiger partial charge in [-0.2, -0.15) is 0 Å². The lowest BCUT2D eigenvalue weighted by atomic mass is 9.78. The molecule has 0 heterocycles. The van der Waals surface area contributed by atoms with Gasteiger partial charge in [0.25, 0.3) is 0 Å². The lowest BCUT2D eigenvalue weighted by molar-refractivity contribution is -0.143. The molecule has 0 spiro atoms. The molecule has 0 atom stereocenters. The summed E-state index contributed by atoms with van der Waals surface area (Å²) in [7, 11) is 0. The van der Waals surface area contributed by atoms with Crippen LogP contribution in [0.25, 0.3) is 33.4 Å². The zero-order chi connectivity index (χ0) is 38.3. The molecular formula is C48H54F2O3. The van der Waals surface area contributed by atoms with E-state index in [4.69, 9.17) is 4.74 Å². The number of hydrogen-bond donors (Lipinski definition) is 1. The Balaban J connectivity index is 1.10. The summed E-state index contributed by atoms with van der Waals surface area (Å²) in [6.45, 7) is 15.0. The van der Waals surface area contributed by atoms with Crippen LogP contribution in [0.5, 0.6) is 5.75 Å². The van der Waals surface area contributed by atoms with Crippen molar-refractivity contribution < 1.29 is 23.4 Å². The molecule has 0 radical (unpaired) electrons. The molecule has 1 N–H and O–H groups in total. The number of carbonyl (C=O) groups is 1. The number of rotatable bonds is 13. The highest BCUT2D eigenvalue weighted by atomic mass is 19.1. The van der Waals surface area contributed by atoms with Crippen LogP contribution in [0.4, 0.5) is 8.78 Å². The van der Waals surface area contributed by atoms with Gasteiger partial charge in [0, 0.05) is 17.5 Å². The zero-order valence-electron chi connectivity index (χ0n) is 32.4. The number of benzene rings is 5. The summed E-state index contributed by atoms with van der Waals surface area (Å²) in [4.78, 5) is 12.6. The Morgan fingerprint density at radius 2 is 1.08 bits per heavy atom. The number of phenols is 1. The van der Waals surface area contributed by atoms with E-state index in [1.807, 2.05) is 54.6 Å². The van der Waals surface area contributed by atoms with Crippen molar-refractivity contribution >= 4 is 5.97 Å². The van der Waals surface area contributed by atoms with Gasteiger partial charge in [-0.05, 0) is 105 Å². The number of hydrogen-bond acceptors (Lipinski definition) is 3. The maximum absolute atomic E-state index is 15.4. The molecule has 0 saturated heterocycles. The van der Waals surface area contributed by atoms with Gasteiger partial charge < -0.3 is 9.84 Å². The lowest BCUT2D eigenvalue weighted by Gasteiger charge is -2.28. The molecule has 278 valence electrons. The fourth-order valence-electron chi connectivity index (χ4n) is 6.77. The van der Waals surface area contributed by atoms with Gasteiger partial charge in [-0.15, -0.1) is 0 Å². The van der Waals surface area contributed by atoms with Crippen molar-refractivity contribution in [2.45, 2.75) is 104 Å². The summed E-state index contributed by atoms with van der Waals surface area (Å²) in [6, 6.07) is 30.0. The standard InChI is InChI=1S/C48H54F2O3/c1-8-11-32-13-18-35(19-14-32)37-22-24-40(43(49)30-37)38-23-25-39(44(50)31-38)36-20-15-33(16-21-36)12-9-10-27-53-45(51)26-17-34-28-41(47(2,3)4)46(52)42(29-34)48(5,6)7/h13-16,18-25,28-31,52H,8-12,17,26-27H2,1-7H3. The minimum absolute atomic E-state index is 0.221. The lowest BCUT2D eigenvalue weighted by Crippen LogP contribution is -2.18. The number of esters is 1. The highest BCUT2D eigenvalue weighted by Gasteiger charge is 2.26. The summed E-state index contributed by atoms with van der Waals surface area (Å²) in [5.41, 5.74) is 8.57. The van der Waals surface area contributed by atoms with Crippen molar-refractivity contribution in [2.75, 3.05) is 6.61 Å². The SMILES string of the molecule is CCCc1ccc(-c2ccc(-c3ccc(-c4ccc(CCCCOC(=O)CCc5cc(C(C)(C)C)c(O)c(C(C)(C)C)c5)cc4)c(F)c3)c(F)c2)cc1. The fraction of sp³-hybridized carbons (Fsp3) is 0.354. The molecule has 0 fully saturated rings. The Bertz CT molecular complexity index is 1980. The van der Waals surface area contributed by atoms with Crippen LogP contribution in [0.15, 0.2) is 97.1 Å². The first-order chi connectivity index (χ1) is 25.1. The van der Waals surface area contributed by atoms with Crippen molar-refractivity contribution in [1.82, 2.24) is 0 Å². The van der Waals surface area contributed by atoms with Crippen LogP contribution in [-0.2, 0) is 39.6 Å². The van der Waals surface area contributed by atoms with Gasteiger partial charge in [0.1, 0.15) is 17.4 Å². The monoisotopic (exact) mass is 716 g/mol. The predicted octanol–water partition coefficient (Wildman–Crippen LogP) is 12.7. The van der Waals surface area contributed by atoms with E-state index in [0.717, 1.165) is 71.0 Å². The Morgan fingerprint density at radius 1 is 0.585 bits per heavy atom. The van der Waals surface area contributed by atoms with Gasteiger partial charge in [0.15, 0.2) is 0 Å². The molecule has 0 saturated carbocycles. The Morgan fingerprint density at radius 3 is 1.62 bits per heavy atom. The molecule has 5 aromatic rings. The Kier molecular flexibility index (Phi) is 12.6. The third kappa shape index (κ3) is 10.2. The molecule has 53 heavy (non-hydrogen) atoms. The molecule has 0 aromatic heterocycles. The van der Waals surface area contributed by atoms with Crippen LogP contribution in [-0.4, -0.2) is 17.7 Å². The van der Waals surface area contributed by atoms with Crippen molar-refractivity contribution in [3.8, 4) is 39.1 Å². The molecule has 0 bridgehead atoms. The molecule has 5 rings (SSSR count). The van der Waals surface area contributed by atoms with Gasteiger partial charge in [-0.3, -0.25) is 4.79 Å². The van der Waals surface area contributed by atoms with Crippen LogP contribution in [0.3, 0.4) is 0 Å². The summed E-state index contributed by atoms with van der Waals surface area (Å²) in [5, 5.41) is 11.0. The highest BCUT2D eigenvalue weighted by Crippen LogP contribution is 2.40. The van der Waals surface area contributed by atoms with E-state index in [0.29, 0.717) is 35.5 Å². The highest BCUT2D eigenvalue weighted by molar-refractivity contribution is 5.74. The van der Waals surface area contributed by atoms with E-state index in [9.17, 15) is 9.90 Å². The third-order valence-corrected chi connectivity index (χ3v) is 9.87. The van der Waals surface area contributed by atoms with Crippen LogP contribution >= 0.6 is 0 Å². The van der Waals surface area contributed by atoms with Crippen LogP contribution < -0.4 is 0 Å². The van der Waals surface area contributed by atoms with Gasteiger partial charge in [-0.1, -0.05) is 140 Å². The second-order valence-electron chi connectivity index (χ2n) is 16.3. The summed E-state index contributed by atoms with van der Waals surface area (Å²) in [6.07, 6.45) is 5.35. The molecule has 0 amide bonds.